The zero-order chi connectivity index (χ0) is 20.6. The summed E-state index contributed by atoms with van der Waals surface area (Å²) in [6, 6.07) is 6.79. The van der Waals surface area contributed by atoms with Gasteiger partial charge in [0.1, 0.15) is 17.1 Å². The largest absolute Gasteiger partial charge is 0.480 e. The van der Waals surface area contributed by atoms with Crippen LogP contribution in [0.25, 0.3) is 0 Å². The highest BCUT2D eigenvalue weighted by Gasteiger charge is 2.55. The van der Waals surface area contributed by atoms with Crippen molar-refractivity contribution in [3.8, 4) is 0 Å². The van der Waals surface area contributed by atoms with Gasteiger partial charge in [-0.15, -0.1) is 11.8 Å². The lowest BCUT2D eigenvalue weighted by molar-refractivity contribution is -0.152. The predicted octanol–water partition coefficient (Wildman–Crippen LogP) is 0.182. The first kappa shape index (κ1) is 19.6. The summed E-state index contributed by atoms with van der Waals surface area (Å²) in [5.74, 6) is -6.19. The molecular weight excluding hydrogens is 388 g/mol. The molecule has 28 heavy (non-hydrogen) atoms. The number of carboxylic acid groups (broad SMARTS) is 2. The average molecular weight is 404 g/mol. The Morgan fingerprint density at radius 1 is 1.18 bits per heavy atom. The van der Waals surface area contributed by atoms with Crippen LogP contribution < -0.4 is 5.32 Å². The third kappa shape index (κ3) is 3.26. The van der Waals surface area contributed by atoms with Crippen LogP contribution in [0, 0.1) is 0 Å². The second-order valence-corrected chi connectivity index (χ2v) is 7.37. The van der Waals surface area contributed by atoms with Gasteiger partial charge in [0.25, 0.3) is 5.91 Å². The Bertz CT molecular complexity index is 912. The van der Waals surface area contributed by atoms with E-state index < -0.39 is 46.9 Å². The molecule has 0 aromatic heterocycles. The Kier molecular flexibility index (Phi) is 5.23. The molecule has 0 spiro atoms. The molecule has 1 aromatic rings. The number of thioether (sulfide) groups is 1. The van der Waals surface area contributed by atoms with Crippen molar-refractivity contribution in [1.29, 1.82) is 0 Å². The molecule has 0 radical (unpaired) electrons. The van der Waals surface area contributed by atoms with Crippen LogP contribution in [0.4, 0.5) is 0 Å². The van der Waals surface area contributed by atoms with Gasteiger partial charge in [0.05, 0.1) is 0 Å². The molecule has 146 valence electrons. The summed E-state index contributed by atoms with van der Waals surface area (Å²) < 4.78 is 0. The molecule has 2 unspecified atom stereocenters. The summed E-state index contributed by atoms with van der Waals surface area (Å²) in [6.45, 7) is 1.22. The molecule has 10 heteroatoms. The number of fused-ring (bicyclic) bond motifs is 1. The monoisotopic (exact) mass is 404 g/mol. The molecule has 2 aliphatic heterocycles. The molecule has 0 aliphatic carbocycles. The lowest BCUT2D eigenvalue weighted by atomic mass is 9.96. The fraction of sp³-hybridized carbons (Fsp3) is 0.278. The van der Waals surface area contributed by atoms with Crippen LogP contribution >= 0.6 is 11.8 Å². The van der Waals surface area contributed by atoms with E-state index in [2.05, 4.69) is 5.32 Å². The number of carboxylic acids is 2. The Morgan fingerprint density at radius 3 is 2.36 bits per heavy atom. The van der Waals surface area contributed by atoms with E-state index in [-0.39, 0.29) is 22.6 Å². The molecule has 2 heterocycles. The fourth-order valence-electron chi connectivity index (χ4n) is 3.18. The van der Waals surface area contributed by atoms with Gasteiger partial charge in [-0.25, -0.2) is 4.79 Å². The van der Waals surface area contributed by atoms with Gasteiger partial charge < -0.3 is 15.5 Å². The third-order valence-corrected chi connectivity index (χ3v) is 5.82. The third-order valence-electron chi connectivity index (χ3n) is 4.54. The van der Waals surface area contributed by atoms with Crippen LogP contribution in [0.5, 0.6) is 0 Å². The number of carbonyl (C=O) groups excluding carboxylic acids is 3. The van der Waals surface area contributed by atoms with Crippen LogP contribution in [-0.4, -0.2) is 61.8 Å². The van der Waals surface area contributed by atoms with E-state index in [0.717, 1.165) is 16.7 Å². The average Bonchev–Trinajstić information content (AvgIpc) is 2.65. The molecule has 3 rings (SSSR count). The summed E-state index contributed by atoms with van der Waals surface area (Å²) >= 11 is 1.14. The summed E-state index contributed by atoms with van der Waals surface area (Å²) in [5.41, 5.74) is -0.0958. The maximum Gasteiger partial charge on any atom is 0.353 e. The topological polar surface area (TPSA) is 141 Å². The minimum atomic E-state index is -1.50. The van der Waals surface area contributed by atoms with Crippen LogP contribution in [-0.2, 0) is 24.0 Å². The Balaban J connectivity index is 1.82. The van der Waals surface area contributed by atoms with Crippen molar-refractivity contribution in [2.45, 2.75) is 24.3 Å². The summed E-state index contributed by atoms with van der Waals surface area (Å²) in [5, 5.41) is 20.5. The number of aliphatic carboxylic acids is 2. The minimum Gasteiger partial charge on any atom is -0.480 e. The number of Topliss-reactive ketones (excluding diaryl/α,β-unsaturated/α-hetero) is 1. The number of amides is 2. The van der Waals surface area contributed by atoms with Gasteiger partial charge in [0.2, 0.25) is 5.91 Å². The van der Waals surface area contributed by atoms with E-state index in [4.69, 9.17) is 0 Å². The number of hydrogen-bond donors (Lipinski definition) is 3. The molecule has 3 N–H and O–H groups in total. The molecule has 0 saturated carbocycles. The molecule has 9 nitrogen and oxygen atoms in total. The number of ketones is 1. The van der Waals surface area contributed by atoms with Gasteiger partial charge in [-0.1, -0.05) is 30.3 Å². The van der Waals surface area contributed by atoms with Crippen molar-refractivity contribution in [3.63, 3.8) is 0 Å². The number of benzene rings is 1. The van der Waals surface area contributed by atoms with Crippen molar-refractivity contribution in [2.24, 2.45) is 0 Å². The number of nitrogens with one attached hydrogen (secondary N) is 1. The molecule has 1 fully saturated rings. The molecular formula is C18H16N2O7S. The molecule has 2 aliphatic rings. The van der Waals surface area contributed by atoms with Crippen LogP contribution in [0.15, 0.2) is 41.6 Å². The second-order valence-electron chi connectivity index (χ2n) is 6.27. The number of rotatable bonds is 6. The number of carbonyl (C=O) groups is 5. The Labute approximate surface area is 163 Å². The Hall–Kier alpha value is -3.14. The van der Waals surface area contributed by atoms with Crippen LogP contribution in [0.1, 0.15) is 18.4 Å². The number of β-lactam (4-membered cyclic amide) rings is 1. The molecule has 1 aromatic carbocycles. The van der Waals surface area contributed by atoms with Gasteiger partial charge in [0.15, 0.2) is 11.7 Å². The van der Waals surface area contributed by atoms with Crippen molar-refractivity contribution in [2.75, 3.05) is 5.75 Å². The van der Waals surface area contributed by atoms with E-state index in [1.807, 2.05) is 0 Å². The van der Waals surface area contributed by atoms with Gasteiger partial charge in [-0.3, -0.25) is 24.1 Å². The van der Waals surface area contributed by atoms with E-state index >= 15 is 0 Å². The van der Waals surface area contributed by atoms with E-state index in [1.54, 1.807) is 18.2 Å². The maximum atomic E-state index is 12.5. The SMILES string of the molecule is CC(=O)C1=C(C(=O)O)N2C(=O)C(NC(=O)C(C(=O)O)c3ccccc3)[C@H]2SC1. The predicted molar refractivity (Wildman–Crippen MR) is 97.2 cm³/mol. The smallest absolute Gasteiger partial charge is 0.353 e. The first-order valence-electron chi connectivity index (χ1n) is 8.24. The normalized spacial score (nSPS) is 22.0. The van der Waals surface area contributed by atoms with Gasteiger partial charge >= 0.3 is 11.9 Å². The zero-order valence-electron chi connectivity index (χ0n) is 14.6. The molecule has 1 saturated heterocycles. The summed E-state index contributed by atoms with van der Waals surface area (Å²) in [6.07, 6.45) is 0. The highest BCUT2D eigenvalue weighted by Crippen LogP contribution is 2.40. The standard InChI is InChI=1S/C18H16N2O7S/c1-8(21)10-7-28-16-12(15(23)20(16)13(10)18(26)27)19-14(22)11(17(24)25)9-5-3-2-4-6-9/h2-6,11-12,16H,7H2,1H3,(H,19,22)(H,24,25)(H,26,27)/t11?,12?,16-/m1/s1. The first-order chi connectivity index (χ1) is 13.2. The molecule has 0 bridgehead atoms. The molecule has 3 atom stereocenters. The van der Waals surface area contributed by atoms with Gasteiger partial charge in [-0.2, -0.15) is 0 Å². The highest BCUT2D eigenvalue weighted by molar-refractivity contribution is 8.00. The Morgan fingerprint density at radius 2 is 1.82 bits per heavy atom. The zero-order valence-corrected chi connectivity index (χ0v) is 15.4. The quantitative estimate of drug-likeness (QED) is 0.450. The van der Waals surface area contributed by atoms with Crippen molar-refractivity contribution < 1.29 is 34.2 Å². The van der Waals surface area contributed by atoms with Crippen molar-refractivity contribution in [1.82, 2.24) is 10.2 Å². The number of hydrogen-bond acceptors (Lipinski definition) is 6. The minimum absolute atomic E-state index is 0.0274. The number of nitrogens with zero attached hydrogens (tertiary/aromatic N) is 1. The van der Waals surface area contributed by atoms with Crippen molar-refractivity contribution in [3.05, 3.63) is 47.2 Å². The maximum absolute atomic E-state index is 12.5. The second kappa shape index (κ2) is 7.47. The van der Waals surface area contributed by atoms with Gasteiger partial charge in [-0.05, 0) is 12.5 Å². The lowest BCUT2D eigenvalue weighted by Crippen LogP contribution is -2.71. The first-order valence-corrected chi connectivity index (χ1v) is 9.29. The van der Waals surface area contributed by atoms with E-state index in [0.29, 0.717) is 0 Å². The summed E-state index contributed by atoms with van der Waals surface area (Å²) in [7, 11) is 0. The lowest BCUT2D eigenvalue weighted by Gasteiger charge is -2.49. The van der Waals surface area contributed by atoms with E-state index in [9.17, 15) is 34.2 Å². The van der Waals surface area contributed by atoms with Gasteiger partial charge in [0, 0.05) is 11.3 Å². The summed E-state index contributed by atoms with van der Waals surface area (Å²) in [4.78, 5) is 60.8. The fourth-order valence-corrected chi connectivity index (χ4v) is 4.59. The van der Waals surface area contributed by atoms with E-state index in [1.165, 1.54) is 19.1 Å². The van der Waals surface area contributed by atoms with Crippen LogP contribution in [0.3, 0.4) is 0 Å². The van der Waals surface area contributed by atoms with Crippen LogP contribution in [0.2, 0.25) is 0 Å². The highest BCUT2D eigenvalue weighted by atomic mass is 32.2. The van der Waals surface area contributed by atoms with Crippen molar-refractivity contribution >= 4 is 41.3 Å². The molecule has 2 amide bonds.